The molecule has 1 aromatic heterocycles. The molecule has 1 heterocycles. The predicted octanol–water partition coefficient (Wildman–Crippen LogP) is 3.98. The molecule has 1 fully saturated rings. The third-order valence-corrected chi connectivity index (χ3v) is 5.74. The highest BCUT2D eigenvalue weighted by Gasteiger charge is 2.41. The van der Waals surface area contributed by atoms with Crippen LogP contribution in [-0.4, -0.2) is 11.7 Å². The molecule has 3 unspecified atom stereocenters. The van der Waals surface area contributed by atoms with Crippen molar-refractivity contribution in [2.45, 2.75) is 45.1 Å². The smallest absolute Gasteiger partial charge is 0.0950 e. The molecule has 4 heteroatoms. The zero-order valence-corrected chi connectivity index (χ0v) is 12.4. The highest BCUT2D eigenvalue weighted by Crippen LogP contribution is 2.49. The SMILES string of the molecule is CCC1CCCC(CN)(C(O)c2cc(Cl)cs2)C1. The summed E-state index contributed by atoms with van der Waals surface area (Å²) in [5.74, 6) is 0.701. The normalized spacial score (nSPS) is 30.3. The molecule has 0 amide bonds. The van der Waals surface area contributed by atoms with Gasteiger partial charge in [0.05, 0.1) is 11.1 Å². The number of hydrogen-bond donors (Lipinski definition) is 2. The van der Waals surface area contributed by atoms with E-state index in [1.165, 1.54) is 30.6 Å². The van der Waals surface area contributed by atoms with Crippen LogP contribution >= 0.6 is 22.9 Å². The third kappa shape index (κ3) is 2.74. The van der Waals surface area contributed by atoms with E-state index in [1.54, 1.807) is 0 Å². The number of aliphatic hydroxyl groups is 1. The lowest BCUT2D eigenvalue weighted by Gasteiger charge is -2.43. The van der Waals surface area contributed by atoms with Gasteiger partial charge in [0.25, 0.3) is 0 Å². The number of hydrogen-bond acceptors (Lipinski definition) is 3. The van der Waals surface area contributed by atoms with E-state index in [2.05, 4.69) is 6.92 Å². The van der Waals surface area contributed by atoms with Gasteiger partial charge in [0.15, 0.2) is 0 Å². The second-order valence-corrected chi connectivity index (χ2v) is 6.89. The Bertz CT molecular complexity index is 395. The summed E-state index contributed by atoms with van der Waals surface area (Å²) < 4.78 is 0. The van der Waals surface area contributed by atoms with Gasteiger partial charge in [0.1, 0.15) is 0 Å². The molecule has 0 aromatic carbocycles. The number of nitrogens with two attached hydrogens (primary N) is 1. The first-order valence-electron chi connectivity index (χ1n) is 6.73. The summed E-state index contributed by atoms with van der Waals surface area (Å²) in [5, 5.41) is 13.3. The van der Waals surface area contributed by atoms with Crippen molar-refractivity contribution in [1.29, 1.82) is 0 Å². The maximum absolute atomic E-state index is 10.7. The zero-order chi connectivity index (χ0) is 13.2. The van der Waals surface area contributed by atoms with E-state index >= 15 is 0 Å². The summed E-state index contributed by atoms with van der Waals surface area (Å²) >= 11 is 7.49. The van der Waals surface area contributed by atoms with Gasteiger partial charge < -0.3 is 10.8 Å². The minimum atomic E-state index is -0.464. The van der Waals surface area contributed by atoms with E-state index in [1.807, 2.05) is 11.4 Å². The number of rotatable bonds is 4. The van der Waals surface area contributed by atoms with Crippen molar-refractivity contribution >= 4 is 22.9 Å². The monoisotopic (exact) mass is 287 g/mol. The van der Waals surface area contributed by atoms with Crippen molar-refractivity contribution in [2.75, 3.05) is 6.54 Å². The van der Waals surface area contributed by atoms with Gasteiger partial charge in [0.2, 0.25) is 0 Å². The van der Waals surface area contributed by atoms with Gasteiger partial charge >= 0.3 is 0 Å². The minimum Gasteiger partial charge on any atom is -0.387 e. The Labute approximate surface area is 118 Å². The molecule has 1 saturated carbocycles. The topological polar surface area (TPSA) is 46.2 Å². The number of aliphatic hydroxyl groups excluding tert-OH is 1. The fraction of sp³-hybridized carbons (Fsp3) is 0.714. The summed E-state index contributed by atoms with van der Waals surface area (Å²) in [6.45, 7) is 2.78. The Balaban J connectivity index is 2.20. The lowest BCUT2D eigenvalue weighted by molar-refractivity contribution is -0.0140. The summed E-state index contributed by atoms with van der Waals surface area (Å²) in [6.07, 6.45) is 5.23. The van der Waals surface area contributed by atoms with Crippen molar-refractivity contribution < 1.29 is 5.11 Å². The van der Waals surface area contributed by atoms with Crippen LogP contribution in [0.2, 0.25) is 5.02 Å². The van der Waals surface area contributed by atoms with Crippen LogP contribution in [0.4, 0.5) is 0 Å². The van der Waals surface area contributed by atoms with E-state index in [-0.39, 0.29) is 5.41 Å². The molecule has 0 spiro atoms. The molecule has 2 nitrogen and oxygen atoms in total. The highest BCUT2D eigenvalue weighted by atomic mass is 35.5. The molecule has 0 aliphatic heterocycles. The molecule has 0 radical (unpaired) electrons. The van der Waals surface area contributed by atoms with Crippen LogP contribution in [-0.2, 0) is 0 Å². The Hall–Kier alpha value is -0.0900. The standard InChI is InChI=1S/C14H22ClNOS/c1-2-10-4-3-5-14(7-10,9-16)13(17)12-6-11(15)8-18-12/h6,8,10,13,17H,2-5,7,9,16H2,1H3. The Morgan fingerprint density at radius 3 is 3.00 bits per heavy atom. The van der Waals surface area contributed by atoms with E-state index in [0.29, 0.717) is 17.5 Å². The first kappa shape index (κ1) is 14.3. The van der Waals surface area contributed by atoms with Crippen molar-refractivity contribution in [3.63, 3.8) is 0 Å². The molecule has 1 aromatic rings. The molecule has 18 heavy (non-hydrogen) atoms. The van der Waals surface area contributed by atoms with Gasteiger partial charge in [0, 0.05) is 22.2 Å². The largest absolute Gasteiger partial charge is 0.387 e. The predicted molar refractivity (Wildman–Crippen MR) is 78.0 cm³/mol. The summed E-state index contributed by atoms with van der Waals surface area (Å²) in [7, 11) is 0. The van der Waals surface area contributed by atoms with E-state index in [9.17, 15) is 5.11 Å². The lowest BCUT2D eigenvalue weighted by atomic mass is 9.65. The maximum atomic E-state index is 10.7. The van der Waals surface area contributed by atoms with Gasteiger partial charge in [-0.05, 0) is 24.8 Å². The molecule has 3 N–H and O–H groups in total. The van der Waals surface area contributed by atoms with E-state index in [0.717, 1.165) is 17.7 Å². The van der Waals surface area contributed by atoms with Crippen LogP contribution in [0.3, 0.4) is 0 Å². The summed E-state index contributed by atoms with van der Waals surface area (Å²) in [4.78, 5) is 0.960. The van der Waals surface area contributed by atoms with Gasteiger partial charge in [-0.3, -0.25) is 0 Å². The minimum absolute atomic E-state index is 0.146. The van der Waals surface area contributed by atoms with E-state index < -0.39 is 6.10 Å². The molecule has 1 aliphatic rings. The highest BCUT2D eigenvalue weighted by molar-refractivity contribution is 7.10. The average Bonchev–Trinajstić information content (AvgIpc) is 2.84. The molecule has 0 bridgehead atoms. The fourth-order valence-corrected chi connectivity index (χ4v) is 4.40. The maximum Gasteiger partial charge on any atom is 0.0950 e. The molecular formula is C14H22ClNOS. The summed E-state index contributed by atoms with van der Waals surface area (Å²) in [6, 6.07) is 1.88. The Kier molecular flexibility index (Phi) is 4.70. The van der Waals surface area contributed by atoms with Gasteiger partial charge in [-0.2, -0.15) is 0 Å². The molecule has 3 atom stereocenters. The van der Waals surface area contributed by atoms with Gasteiger partial charge in [-0.1, -0.05) is 37.8 Å². The van der Waals surface area contributed by atoms with Crippen LogP contribution in [0, 0.1) is 11.3 Å². The summed E-state index contributed by atoms with van der Waals surface area (Å²) in [5.41, 5.74) is 5.87. The Morgan fingerprint density at radius 2 is 2.44 bits per heavy atom. The second kappa shape index (κ2) is 5.91. The van der Waals surface area contributed by atoms with Crippen LogP contribution in [0.1, 0.15) is 50.0 Å². The second-order valence-electron chi connectivity index (χ2n) is 5.51. The van der Waals surface area contributed by atoms with Crippen molar-refractivity contribution in [3.8, 4) is 0 Å². The molecule has 102 valence electrons. The average molecular weight is 288 g/mol. The van der Waals surface area contributed by atoms with E-state index in [4.69, 9.17) is 17.3 Å². The van der Waals surface area contributed by atoms with Crippen LogP contribution in [0.5, 0.6) is 0 Å². The lowest BCUT2D eigenvalue weighted by Crippen LogP contribution is -2.40. The number of thiophene rings is 1. The molecule has 0 saturated heterocycles. The zero-order valence-electron chi connectivity index (χ0n) is 10.9. The third-order valence-electron chi connectivity index (χ3n) is 4.40. The molecule has 1 aliphatic carbocycles. The Morgan fingerprint density at radius 1 is 1.67 bits per heavy atom. The van der Waals surface area contributed by atoms with Crippen molar-refractivity contribution in [1.82, 2.24) is 0 Å². The first-order chi connectivity index (χ1) is 8.61. The number of halogens is 1. The quantitative estimate of drug-likeness (QED) is 0.880. The first-order valence-corrected chi connectivity index (χ1v) is 7.99. The fourth-order valence-electron chi connectivity index (χ4n) is 3.19. The van der Waals surface area contributed by atoms with Crippen LogP contribution < -0.4 is 5.73 Å². The molecular weight excluding hydrogens is 266 g/mol. The van der Waals surface area contributed by atoms with Gasteiger partial charge in [-0.15, -0.1) is 11.3 Å². The van der Waals surface area contributed by atoms with Crippen LogP contribution in [0.15, 0.2) is 11.4 Å². The van der Waals surface area contributed by atoms with Crippen molar-refractivity contribution in [2.24, 2.45) is 17.1 Å². The van der Waals surface area contributed by atoms with Gasteiger partial charge in [-0.25, -0.2) is 0 Å². The van der Waals surface area contributed by atoms with Crippen LogP contribution in [0.25, 0.3) is 0 Å². The van der Waals surface area contributed by atoms with Crippen molar-refractivity contribution in [3.05, 3.63) is 21.3 Å². The molecule has 2 rings (SSSR count).